The van der Waals surface area contributed by atoms with Crippen LogP contribution in [0, 0.1) is 6.92 Å². The van der Waals surface area contributed by atoms with Gasteiger partial charge in [-0.1, -0.05) is 12.1 Å². The van der Waals surface area contributed by atoms with E-state index in [-0.39, 0.29) is 0 Å². The lowest BCUT2D eigenvalue weighted by atomic mass is 10.2. The molecule has 0 fully saturated rings. The topological polar surface area (TPSA) is 9.23 Å². The number of rotatable bonds is 0. The molecule has 1 heterocycles. The van der Waals surface area contributed by atoms with E-state index < -0.39 is 0 Å². The maximum atomic E-state index is 5.31. The van der Waals surface area contributed by atoms with E-state index >= 15 is 0 Å². The molecule has 1 aliphatic rings. The number of ether oxygens (including phenoxy) is 1. The predicted molar refractivity (Wildman–Crippen MR) is 35.5 cm³/mol. The summed E-state index contributed by atoms with van der Waals surface area (Å²) in [6, 6.07) is 6.29. The van der Waals surface area contributed by atoms with Gasteiger partial charge in [-0.3, -0.25) is 0 Å². The number of aryl methyl sites for hydroxylation is 1. The minimum Gasteiger partial charge on any atom is -0.489 e. The molecule has 46 valence electrons. The van der Waals surface area contributed by atoms with Crippen LogP contribution in [0.1, 0.15) is 11.1 Å². The van der Waals surface area contributed by atoms with Gasteiger partial charge >= 0.3 is 0 Å². The minimum absolute atomic E-state index is 0.767. The van der Waals surface area contributed by atoms with Crippen LogP contribution in [-0.4, -0.2) is 0 Å². The zero-order valence-electron chi connectivity index (χ0n) is 5.35. The fourth-order valence-electron chi connectivity index (χ4n) is 1.05. The average Bonchev–Trinajstić information content (AvgIpc) is 2.25. The van der Waals surface area contributed by atoms with Gasteiger partial charge in [0.05, 0.1) is 0 Å². The fraction of sp³-hybridized carbons (Fsp3) is 0.250. The van der Waals surface area contributed by atoms with E-state index in [0.29, 0.717) is 0 Å². The minimum atomic E-state index is 0.767. The third kappa shape index (κ3) is 0.611. The lowest BCUT2D eigenvalue weighted by molar-refractivity contribution is 0.326. The van der Waals surface area contributed by atoms with Crippen molar-refractivity contribution in [2.24, 2.45) is 0 Å². The monoisotopic (exact) mass is 120 g/mol. The van der Waals surface area contributed by atoms with E-state index in [4.69, 9.17) is 4.74 Å². The Kier molecular flexibility index (Phi) is 0.810. The molecule has 1 aliphatic heterocycles. The van der Waals surface area contributed by atoms with Crippen molar-refractivity contribution in [3.05, 3.63) is 29.3 Å². The number of hydrogen-bond acceptors (Lipinski definition) is 1. The SMILES string of the molecule is Cc1ccc2cc1OC2. The first-order valence-corrected chi connectivity index (χ1v) is 3.08. The van der Waals surface area contributed by atoms with Crippen molar-refractivity contribution in [3.8, 4) is 5.75 Å². The van der Waals surface area contributed by atoms with Crippen LogP contribution in [-0.2, 0) is 6.61 Å². The van der Waals surface area contributed by atoms with Gasteiger partial charge in [-0.05, 0) is 24.1 Å². The van der Waals surface area contributed by atoms with Gasteiger partial charge in [0.2, 0.25) is 0 Å². The van der Waals surface area contributed by atoms with Crippen LogP contribution in [0.15, 0.2) is 18.2 Å². The van der Waals surface area contributed by atoms with Crippen molar-refractivity contribution in [1.29, 1.82) is 0 Å². The van der Waals surface area contributed by atoms with Crippen molar-refractivity contribution in [2.75, 3.05) is 0 Å². The summed E-state index contributed by atoms with van der Waals surface area (Å²) < 4.78 is 5.31. The third-order valence-electron chi connectivity index (χ3n) is 1.65. The second-order valence-electron chi connectivity index (χ2n) is 2.39. The zero-order valence-corrected chi connectivity index (χ0v) is 5.35. The molecule has 1 nitrogen and oxygen atoms in total. The maximum Gasteiger partial charge on any atom is 0.123 e. The Balaban J connectivity index is 2.65. The first-order chi connectivity index (χ1) is 4.36. The Morgan fingerprint density at radius 1 is 1.44 bits per heavy atom. The quantitative estimate of drug-likeness (QED) is 0.508. The standard InChI is InChI=1S/C8H8O/c1-6-2-3-7-4-8(6)9-5-7/h2-4H,5H2,1H3. The normalized spacial score (nSPS) is 13.4. The maximum absolute atomic E-state index is 5.31. The molecule has 9 heavy (non-hydrogen) atoms. The molecule has 0 saturated carbocycles. The van der Waals surface area contributed by atoms with Gasteiger partial charge in [-0.25, -0.2) is 0 Å². The fourth-order valence-corrected chi connectivity index (χ4v) is 1.05. The van der Waals surface area contributed by atoms with Gasteiger partial charge in [-0.2, -0.15) is 0 Å². The van der Waals surface area contributed by atoms with Gasteiger partial charge in [0.15, 0.2) is 0 Å². The molecule has 0 aliphatic carbocycles. The van der Waals surface area contributed by atoms with Crippen molar-refractivity contribution >= 4 is 0 Å². The van der Waals surface area contributed by atoms with Crippen molar-refractivity contribution in [1.82, 2.24) is 0 Å². The summed E-state index contributed by atoms with van der Waals surface area (Å²) >= 11 is 0. The third-order valence-corrected chi connectivity index (χ3v) is 1.65. The Hall–Kier alpha value is -0.980. The van der Waals surface area contributed by atoms with Crippen LogP contribution in [0.5, 0.6) is 5.75 Å². The molecular formula is C8H8O. The van der Waals surface area contributed by atoms with Gasteiger partial charge < -0.3 is 4.74 Å². The molecule has 0 aromatic heterocycles. The lowest BCUT2D eigenvalue weighted by Gasteiger charge is -1.94. The molecule has 2 bridgehead atoms. The van der Waals surface area contributed by atoms with Crippen LogP contribution in [0.3, 0.4) is 0 Å². The summed E-state index contributed by atoms with van der Waals surface area (Å²) in [5, 5.41) is 0. The first-order valence-electron chi connectivity index (χ1n) is 3.08. The molecule has 1 aromatic carbocycles. The van der Waals surface area contributed by atoms with E-state index in [9.17, 15) is 0 Å². The zero-order chi connectivity index (χ0) is 6.27. The van der Waals surface area contributed by atoms with Crippen molar-refractivity contribution in [2.45, 2.75) is 13.5 Å². The first kappa shape index (κ1) is 4.86. The molecule has 1 aromatic rings. The Morgan fingerprint density at radius 2 is 2.33 bits per heavy atom. The van der Waals surface area contributed by atoms with E-state index in [1.165, 1.54) is 11.1 Å². The number of fused-ring (bicyclic) bond motifs is 2. The van der Waals surface area contributed by atoms with E-state index in [0.717, 1.165) is 12.4 Å². The van der Waals surface area contributed by atoms with Gasteiger partial charge in [0.25, 0.3) is 0 Å². The van der Waals surface area contributed by atoms with E-state index in [1.807, 2.05) is 0 Å². The molecule has 0 saturated heterocycles. The Bertz CT molecular complexity index is 240. The van der Waals surface area contributed by atoms with Crippen LogP contribution in [0.4, 0.5) is 0 Å². The summed E-state index contributed by atoms with van der Waals surface area (Å²) in [5.74, 6) is 1.05. The van der Waals surface area contributed by atoms with Gasteiger partial charge in [-0.15, -0.1) is 0 Å². The molecule has 0 spiro atoms. The molecule has 0 N–H and O–H groups in total. The van der Waals surface area contributed by atoms with Crippen LogP contribution < -0.4 is 4.74 Å². The summed E-state index contributed by atoms with van der Waals surface area (Å²) in [7, 11) is 0. The molecule has 0 unspecified atom stereocenters. The summed E-state index contributed by atoms with van der Waals surface area (Å²) in [4.78, 5) is 0. The number of hydrogen-bond donors (Lipinski definition) is 0. The van der Waals surface area contributed by atoms with E-state index in [2.05, 4.69) is 25.1 Å². The molecule has 0 radical (unpaired) electrons. The lowest BCUT2D eigenvalue weighted by Crippen LogP contribution is -1.82. The molecule has 2 rings (SSSR count). The molecule has 1 heteroatoms. The van der Waals surface area contributed by atoms with Crippen molar-refractivity contribution < 1.29 is 4.74 Å². The average molecular weight is 120 g/mol. The van der Waals surface area contributed by atoms with Crippen LogP contribution in [0.2, 0.25) is 0 Å². The highest BCUT2D eigenvalue weighted by atomic mass is 16.5. The largest absolute Gasteiger partial charge is 0.489 e. The highest BCUT2D eigenvalue weighted by Crippen LogP contribution is 2.25. The highest BCUT2D eigenvalue weighted by molar-refractivity contribution is 5.39. The number of benzene rings is 1. The van der Waals surface area contributed by atoms with Gasteiger partial charge in [0.1, 0.15) is 12.4 Å². The molecule has 0 amide bonds. The van der Waals surface area contributed by atoms with Crippen LogP contribution in [0.25, 0.3) is 0 Å². The predicted octanol–water partition coefficient (Wildman–Crippen LogP) is 1.89. The van der Waals surface area contributed by atoms with E-state index in [1.54, 1.807) is 0 Å². The summed E-state index contributed by atoms with van der Waals surface area (Å²) in [6.45, 7) is 2.83. The Morgan fingerprint density at radius 3 is 3.11 bits per heavy atom. The summed E-state index contributed by atoms with van der Waals surface area (Å²) in [5.41, 5.74) is 2.52. The van der Waals surface area contributed by atoms with Crippen LogP contribution >= 0.6 is 0 Å². The second-order valence-corrected chi connectivity index (χ2v) is 2.39. The Labute approximate surface area is 54.3 Å². The second kappa shape index (κ2) is 1.50. The summed E-state index contributed by atoms with van der Waals surface area (Å²) in [6.07, 6.45) is 0. The van der Waals surface area contributed by atoms with Gasteiger partial charge in [0, 0.05) is 0 Å². The smallest absolute Gasteiger partial charge is 0.123 e. The molecular weight excluding hydrogens is 112 g/mol. The van der Waals surface area contributed by atoms with Crippen molar-refractivity contribution in [3.63, 3.8) is 0 Å². The highest BCUT2D eigenvalue weighted by Gasteiger charge is 2.07. The molecule has 0 atom stereocenters.